The molecular formula is C16H27NO. The van der Waals surface area contributed by atoms with Gasteiger partial charge in [0.15, 0.2) is 0 Å². The summed E-state index contributed by atoms with van der Waals surface area (Å²) in [6.45, 7) is 7.17. The Morgan fingerprint density at radius 1 is 1.11 bits per heavy atom. The third-order valence-electron chi connectivity index (χ3n) is 3.54. The average molecular weight is 249 g/mol. The largest absolute Gasteiger partial charge is 0.494 e. The Bertz CT molecular complexity index is 320. The second-order valence-electron chi connectivity index (χ2n) is 4.84. The summed E-state index contributed by atoms with van der Waals surface area (Å²) in [5.74, 6) is 1.51. The molecule has 0 radical (unpaired) electrons. The van der Waals surface area contributed by atoms with Gasteiger partial charge < -0.3 is 10.5 Å². The smallest absolute Gasteiger partial charge is 0.119 e. The predicted octanol–water partition coefficient (Wildman–Crippen LogP) is 4.30. The van der Waals surface area contributed by atoms with E-state index in [0.29, 0.717) is 12.5 Å². The lowest BCUT2D eigenvalue weighted by Gasteiger charge is -2.23. The minimum Gasteiger partial charge on any atom is -0.494 e. The SMILES string of the molecule is CCCCC(CC)C(N)c1ccc(OCC)cc1. The minimum absolute atomic E-state index is 0.150. The second-order valence-corrected chi connectivity index (χ2v) is 4.84. The average Bonchev–Trinajstić information content (AvgIpc) is 2.40. The molecule has 102 valence electrons. The van der Waals surface area contributed by atoms with E-state index in [1.807, 2.05) is 19.1 Å². The molecule has 2 nitrogen and oxygen atoms in total. The zero-order valence-corrected chi connectivity index (χ0v) is 12.0. The van der Waals surface area contributed by atoms with Crippen molar-refractivity contribution in [2.75, 3.05) is 6.61 Å². The van der Waals surface area contributed by atoms with Crippen molar-refractivity contribution in [2.45, 2.75) is 52.5 Å². The highest BCUT2D eigenvalue weighted by Gasteiger charge is 2.17. The molecule has 2 heteroatoms. The zero-order valence-electron chi connectivity index (χ0n) is 12.0. The van der Waals surface area contributed by atoms with E-state index in [9.17, 15) is 0 Å². The summed E-state index contributed by atoms with van der Waals surface area (Å²) in [5, 5.41) is 0. The van der Waals surface area contributed by atoms with Crippen LogP contribution in [0.15, 0.2) is 24.3 Å². The van der Waals surface area contributed by atoms with Gasteiger partial charge in [0.05, 0.1) is 6.61 Å². The molecule has 1 aromatic carbocycles. The summed E-state index contributed by atoms with van der Waals surface area (Å²) in [6.07, 6.45) is 4.88. The first-order valence-corrected chi connectivity index (χ1v) is 7.21. The maximum absolute atomic E-state index is 6.37. The number of unbranched alkanes of at least 4 members (excludes halogenated alkanes) is 1. The summed E-state index contributed by atoms with van der Waals surface area (Å²) in [7, 11) is 0. The molecule has 0 saturated heterocycles. The van der Waals surface area contributed by atoms with Crippen molar-refractivity contribution < 1.29 is 4.74 Å². The Kier molecular flexibility index (Phi) is 6.81. The number of nitrogens with two attached hydrogens (primary N) is 1. The molecule has 1 rings (SSSR count). The van der Waals surface area contributed by atoms with E-state index in [0.717, 1.165) is 12.2 Å². The van der Waals surface area contributed by atoms with E-state index in [2.05, 4.69) is 26.0 Å². The van der Waals surface area contributed by atoms with Crippen LogP contribution in [-0.2, 0) is 0 Å². The third-order valence-corrected chi connectivity index (χ3v) is 3.54. The molecule has 1 aromatic rings. The van der Waals surface area contributed by atoms with Gasteiger partial charge in [0.2, 0.25) is 0 Å². The van der Waals surface area contributed by atoms with Gasteiger partial charge in [0, 0.05) is 6.04 Å². The molecule has 2 N–H and O–H groups in total. The summed E-state index contributed by atoms with van der Waals surface area (Å²) >= 11 is 0. The Morgan fingerprint density at radius 3 is 2.28 bits per heavy atom. The quantitative estimate of drug-likeness (QED) is 0.745. The van der Waals surface area contributed by atoms with Crippen LogP contribution in [-0.4, -0.2) is 6.61 Å². The number of hydrogen-bond acceptors (Lipinski definition) is 2. The third kappa shape index (κ3) is 4.34. The van der Waals surface area contributed by atoms with Crippen LogP contribution >= 0.6 is 0 Å². The van der Waals surface area contributed by atoms with Crippen LogP contribution in [0, 0.1) is 5.92 Å². The van der Waals surface area contributed by atoms with Gasteiger partial charge in [-0.15, -0.1) is 0 Å². The van der Waals surface area contributed by atoms with Gasteiger partial charge in [-0.25, -0.2) is 0 Å². The lowest BCUT2D eigenvalue weighted by Crippen LogP contribution is -2.21. The second kappa shape index (κ2) is 8.15. The van der Waals surface area contributed by atoms with Crippen LogP contribution in [0.5, 0.6) is 5.75 Å². The van der Waals surface area contributed by atoms with Crippen LogP contribution in [0.2, 0.25) is 0 Å². The fraction of sp³-hybridized carbons (Fsp3) is 0.625. The summed E-state index contributed by atoms with van der Waals surface area (Å²) in [4.78, 5) is 0. The van der Waals surface area contributed by atoms with E-state index >= 15 is 0 Å². The lowest BCUT2D eigenvalue weighted by molar-refractivity contribution is 0.339. The first-order chi connectivity index (χ1) is 8.72. The molecule has 2 atom stereocenters. The van der Waals surface area contributed by atoms with E-state index in [1.165, 1.54) is 24.8 Å². The van der Waals surface area contributed by atoms with Crippen LogP contribution in [0.25, 0.3) is 0 Å². The first-order valence-electron chi connectivity index (χ1n) is 7.21. The van der Waals surface area contributed by atoms with Gasteiger partial charge in [-0.1, -0.05) is 45.2 Å². The highest BCUT2D eigenvalue weighted by atomic mass is 16.5. The van der Waals surface area contributed by atoms with Crippen molar-refractivity contribution >= 4 is 0 Å². The van der Waals surface area contributed by atoms with E-state index in [-0.39, 0.29) is 6.04 Å². The number of rotatable bonds is 8. The number of benzene rings is 1. The monoisotopic (exact) mass is 249 g/mol. The van der Waals surface area contributed by atoms with Crippen LogP contribution in [0.3, 0.4) is 0 Å². The number of ether oxygens (including phenoxy) is 1. The first kappa shape index (κ1) is 15.0. The lowest BCUT2D eigenvalue weighted by atomic mass is 9.87. The standard InChI is InChI=1S/C16H27NO/c1-4-7-8-13(5-2)16(17)14-9-11-15(12-10-14)18-6-3/h9-13,16H,4-8,17H2,1-3H3. The zero-order chi connectivity index (χ0) is 13.4. The van der Waals surface area contributed by atoms with Crippen LogP contribution < -0.4 is 10.5 Å². The normalized spacial score (nSPS) is 14.2. The maximum Gasteiger partial charge on any atom is 0.119 e. The van der Waals surface area contributed by atoms with E-state index in [1.54, 1.807) is 0 Å². The Balaban J connectivity index is 2.65. The highest BCUT2D eigenvalue weighted by molar-refractivity contribution is 5.29. The fourth-order valence-electron chi connectivity index (χ4n) is 2.33. The molecule has 0 spiro atoms. The molecule has 18 heavy (non-hydrogen) atoms. The van der Waals surface area contributed by atoms with Crippen molar-refractivity contribution in [3.8, 4) is 5.75 Å². The van der Waals surface area contributed by atoms with Crippen LogP contribution in [0.1, 0.15) is 58.1 Å². The van der Waals surface area contributed by atoms with Crippen molar-refractivity contribution in [3.05, 3.63) is 29.8 Å². The molecule has 0 amide bonds. The molecule has 0 heterocycles. The van der Waals surface area contributed by atoms with Crippen molar-refractivity contribution in [3.63, 3.8) is 0 Å². The predicted molar refractivity (Wildman–Crippen MR) is 77.8 cm³/mol. The summed E-state index contributed by atoms with van der Waals surface area (Å²) in [6, 6.07) is 8.39. The van der Waals surface area contributed by atoms with Gasteiger partial charge in [-0.3, -0.25) is 0 Å². The molecule has 0 aromatic heterocycles. The molecule has 0 aliphatic carbocycles. The highest BCUT2D eigenvalue weighted by Crippen LogP contribution is 2.28. The molecule has 0 bridgehead atoms. The van der Waals surface area contributed by atoms with E-state index < -0.39 is 0 Å². The van der Waals surface area contributed by atoms with Crippen LogP contribution in [0.4, 0.5) is 0 Å². The topological polar surface area (TPSA) is 35.2 Å². The van der Waals surface area contributed by atoms with Gasteiger partial charge in [0.1, 0.15) is 5.75 Å². The Hall–Kier alpha value is -1.02. The minimum atomic E-state index is 0.150. The Morgan fingerprint density at radius 2 is 1.78 bits per heavy atom. The van der Waals surface area contributed by atoms with E-state index in [4.69, 9.17) is 10.5 Å². The Labute approximate surface area is 112 Å². The van der Waals surface area contributed by atoms with Gasteiger partial charge in [0.25, 0.3) is 0 Å². The molecular weight excluding hydrogens is 222 g/mol. The molecule has 0 aliphatic rings. The molecule has 2 unspecified atom stereocenters. The number of hydrogen-bond donors (Lipinski definition) is 1. The van der Waals surface area contributed by atoms with Gasteiger partial charge in [-0.2, -0.15) is 0 Å². The molecule has 0 saturated carbocycles. The summed E-state index contributed by atoms with van der Waals surface area (Å²) < 4.78 is 5.45. The maximum atomic E-state index is 6.37. The fourth-order valence-corrected chi connectivity index (χ4v) is 2.33. The summed E-state index contributed by atoms with van der Waals surface area (Å²) in [5.41, 5.74) is 7.60. The molecule has 0 fully saturated rings. The van der Waals surface area contributed by atoms with Gasteiger partial charge in [-0.05, 0) is 37.0 Å². The van der Waals surface area contributed by atoms with Crippen molar-refractivity contribution in [1.82, 2.24) is 0 Å². The van der Waals surface area contributed by atoms with Crippen molar-refractivity contribution in [2.24, 2.45) is 11.7 Å². The molecule has 0 aliphatic heterocycles. The van der Waals surface area contributed by atoms with Gasteiger partial charge >= 0.3 is 0 Å². The van der Waals surface area contributed by atoms with Crippen molar-refractivity contribution in [1.29, 1.82) is 0 Å².